The van der Waals surface area contributed by atoms with Gasteiger partial charge in [-0.05, 0) is 55.2 Å². The molecule has 2 aromatic carbocycles. The van der Waals surface area contributed by atoms with Gasteiger partial charge >= 0.3 is 0 Å². The molecule has 0 bridgehead atoms. The Morgan fingerprint density at radius 3 is 2.76 bits per heavy atom. The van der Waals surface area contributed by atoms with Crippen molar-refractivity contribution in [3.8, 4) is 11.5 Å². The third-order valence-electron chi connectivity index (χ3n) is 5.52. The van der Waals surface area contributed by atoms with Crippen LogP contribution in [0.15, 0.2) is 36.4 Å². The third kappa shape index (κ3) is 4.06. The molecule has 3 aromatic rings. The fraction of sp³-hybridized carbons (Fsp3) is 0.391. The fourth-order valence-electron chi connectivity index (χ4n) is 3.95. The molecule has 0 saturated heterocycles. The Morgan fingerprint density at radius 2 is 1.93 bits per heavy atom. The van der Waals surface area contributed by atoms with E-state index in [4.69, 9.17) is 14.5 Å². The molecule has 0 saturated carbocycles. The number of carbonyl (C=O) groups is 1. The van der Waals surface area contributed by atoms with Gasteiger partial charge in [-0.2, -0.15) is 0 Å². The van der Waals surface area contributed by atoms with E-state index in [9.17, 15) is 4.79 Å². The number of fused-ring (bicyclic) bond motifs is 3. The summed E-state index contributed by atoms with van der Waals surface area (Å²) in [6.07, 6.45) is 5.36. The van der Waals surface area contributed by atoms with E-state index < -0.39 is 0 Å². The molecule has 0 unspecified atom stereocenters. The van der Waals surface area contributed by atoms with Crippen LogP contribution < -0.4 is 14.8 Å². The number of hydrogen-bond acceptors (Lipinski definition) is 4. The molecule has 0 aliphatic carbocycles. The number of nitrogens with zero attached hydrogens (tertiary/aromatic N) is 2. The number of methoxy groups -OCH3 is 2. The summed E-state index contributed by atoms with van der Waals surface area (Å²) in [5.41, 5.74) is 3.77. The van der Waals surface area contributed by atoms with Crippen molar-refractivity contribution in [2.45, 2.75) is 38.6 Å². The average Bonchev–Trinajstić information content (AvgIpc) is 2.93. The van der Waals surface area contributed by atoms with Crippen molar-refractivity contribution in [2.75, 3.05) is 20.8 Å². The molecule has 0 atom stereocenters. The van der Waals surface area contributed by atoms with Gasteiger partial charge in [-0.25, -0.2) is 4.98 Å². The lowest BCUT2D eigenvalue weighted by atomic mass is 10.1. The zero-order valence-corrected chi connectivity index (χ0v) is 17.0. The maximum atomic E-state index is 12.6. The van der Waals surface area contributed by atoms with Crippen LogP contribution in [0.1, 0.15) is 41.0 Å². The number of ether oxygens (including phenoxy) is 2. The lowest BCUT2D eigenvalue weighted by Crippen LogP contribution is -2.25. The van der Waals surface area contributed by atoms with Gasteiger partial charge in [0.25, 0.3) is 5.91 Å². The minimum Gasteiger partial charge on any atom is -0.493 e. The lowest BCUT2D eigenvalue weighted by molar-refractivity contribution is 0.0954. The molecule has 4 rings (SSSR count). The second-order valence-electron chi connectivity index (χ2n) is 7.39. The SMILES string of the molecule is COc1ccc(CCNC(=O)c2ccc3c(c2)nc2n3CCCCC2)cc1OC. The quantitative estimate of drug-likeness (QED) is 0.693. The number of aromatic nitrogens is 2. The van der Waals surface area contributed by atoms with Crippen molar-refractivity contribution in [2.24, 2.45) is 0 Å². The van der Waals surface area contributed by atoms with Crippen LogP contribution in [0, 0.1) is 0 Å². The van der Waals surface area contributed by atoms with Gasteiger partial charge in [-0.15, -0.1) is 0 Å². The third-order valence-corrected chi connectivity index (χ3v) is 5.52. The van der Waals surface area contributed by atoms with E-state index in [0.29, 0.717) is 30.0 Å². The van der Waals surface area contributed by atoms with Gasteiger partial charge in [0.15, 0.2) is 11.5 Å². The second kappa shape index (κ2) is 8.55. The Labute approximate surface area is 170 Å². The summed E-state index contributed by atoms with van der Waals surface area (Å²) >= 11 is 0. The molecule has 1 aliphatic heterocycles. The Bertz CT molecular complexity index is 1030. The molecule has 2 heterocycles. The highest BCUT2D eigenvalue weighted by Gasteiger charge is 2.15. The summed E-state index contributed by atoms with van der Waals surface area (Å²) in [4.78, 5) is 17.4. The van der Waals surface area contributed by atoms with Crippen LogP contribution in [0.4, 0.5) is 0 Å². The summed E-state index contributed by atoms with van der Waals surface area (Å²) in [5.74, 6) is 2.47. The molecule has 1 aliphatic rings. The maximum Gasteiger partial charge on any atom is 0.251 e. The van der Waals surface area contributed by atoms with Crippen LogP contribution in [-0.4, -0.2) is 36.2 Å². The van der Waals surface area contributed by atoms with Gasteiger partial charge in [-0.1, -0.05) is 12.5 Å². The molecule has 6 nitrogen and oxygen atoms in total. The molecule has 29 heavy (non-hydrogen) atoms. The Kier molecular flexibility index (Phi) is 5.69. The molecular weight excluding hydrogens is 366 g/mol. The Balaban J connectivity index is 1.41. The molecule has 0 fully saturated rings. The van der Waals surface area contributed by atoms with E-state index in [1.807, 2.05) is 36.4 Å². The lowest BCUT2D eigenvalue weighted by Gasteiger charge is -2.10. The number of imidazole rings is 1. The first-order chi connectivity index (χ1) is 14.2. The highest BCUT2D eigenvalue weighted by Crippen LogP contribution is 2.27. The first-order valence-corrected chi connectivity index (χ1v) is 10.2. The number of rotatable bonds is 6. The number of aryl methyl sites for hydroxylation is 2. The number of hydrogen-bond donors (Lipinski definition) is 1. The van der Waals surface area contributed by atoms with E-state index in [0.717, 1.165) is 35.4 Å². The van der Waals surface area contributed by atoms with Crippen LogP contribution in [0.5, 0.6) is 11.5 Å². The topological polar surface area (TPSA) is 65.4 Å². The van der Waals surface area contributed by atoms with E-state index in [1.165, 1.54) is 19.3 Å². The molecule has 0 spiro atoms. The number of nitrogens with one attached hydrogen (secondary N) is 1. The predicted octanol–water partition coefficient (Wildman–Crippen LogP) is 3.75. The first kappa shape index (κ1) is 19.3. The Hall–Kier alpha value is -3.02. The predicted molar refractivity (Wildman–Crippen MR) is 113 cm³/mol. The van der Waals surface area contributed by atoms with Gasteiger partial charge < -0.3 is 19.4 Å². The molecule has 6 heteroatoms. The molecule has 1 aromatic heterocycles. The number of carbonyl (C=O) groups excluding carboxylic acids is 1. The van der Waals surface area contributed by atoms with Crippen LogP contribution in [-0.2, 0) is 19.4 Å². The summed E-state index contributed by atoms with van der Waals surface area (Å²) in [5, 5.41) is 3.00. The summed E-state index contributed by atoms with van der Waals surface area (Å²) in [6, 6.07) is 11.6. The maximum absolute atomic E-state index is 12.6. The number of amides is 1. The summed E-state index contributed by atoms with van der Waals surface area (Å²) < 4.78 is 12.9. The second-order valence-corrected chi connectivity index (χ2v) is 7.39. The van der Waals surface area contributed by atoms with Gasteiger partial charge in [0.05, 0.1) is 25.3 Å². The van der Waals surface area contributed by atoms with Crippen molar-refractivity contribution in [1.29, 1.82) is 0 Å². The molecule has 152 valence electrons. The Morgan fingerprint density at radius 1 is 1.07 bits per heavy atom. The van der Waals surface area contributed by atoms with Crippen LogP contribution >= 0.6 is 0 Å². The van der Waals surface area contributed by atoms with Gasteiger partial charge in [-0.3, -0.25) is 4.79 Å². The minimum atomic E-state index is -0.0735. The average molecular weight is 393 g/mol. The summed E-state index contributed by atoms with van der Waals surface area (Å²) in [6.45, 7) is 1.56. The van der Waals surface area contributed by atoms with Crippen molar-refractivity contribution in [3.63, 3.8) is 0 Å². The summed E-state index contributed by atoms with van der Waals surface area (Å²) in [7, 11) is 3.24. The molecule has 1 N–H and O–H groups in total. The van der Waals surface area contributed by atoms with Crippen molar-refractivity contribution in [3.05, 3.63) is 53.3 Å². The highest BCUT2D eigenvalue weighted by molar-refractivity contribution is 5.97. The molecule has 0 radical (unpaired) electrons. The number of benzene rings is 2. The zero-order valence-electron chi connectivity index (χ0n) is 17.0. The van der Waals surface area contributed by atoms with Crippen LogP contribution in [0.3, 0.4) is 0 Å². The molecule has 1 amide bonds. The fourth-order valence-corrected chi connectivity index (χ4v) is 3.95. The van der Waals surface area contributed by atoms with Crippen LogP contribution in [0.2, 0.25) is 0 Å². The van der Waals surface area contributed by atoms with Gasteiger partial charge in [0, 0.05) is 25.1 Å². The van der Waals surface area contributed by atoms with E-state index in [2.05, 4.69) is 9.88 Å². The standard InChI is InChI=1S/C23H27N3O3/c1-28-20-10-7-16(14-21(20)29-2)11-12-24-23(27)17-8-9-19-18(15-17)25-22-6-4-3-5-13-26(19)22/h7-10,14-15H,3-6,11-13H2,1-2H3,(H,24,27). The van der Waals surface area contributed by atoms with Gasteiger partial charge in [0.2, 0.25) is 0 Å². The van der Waals surface area contributed by atoms with E-state index >= 15 is 0 Å². The monoisotopic (exact) mass is 393 g/mol. The van der Waals surface area contributed by atoms with E-state index in [1.54, 1.807) is 14.2 Å². The normalized spacial score (nSPS) is 13.6. The zero-order chi connectivity index (χ0) is 20.2. The highest BCUT2D eigenvalue weighted by atomic mass is 16.5. The van der Waals surface area contributed by atoms with Crippen molar-refractivity contribution >= 4 is 16.9 Å². The van der Waals surface area contributed by atoms with Gasteiger partial charge in [0.1, 0.15) is 5.82 Å². The first-order valence-electron chi connectivity index (χ1n) is 10.2. The van der Waals surface area contributed by atoms with Crippen molar-refractivity contribution in [1.82, 2.24) is 14.9 Å². The minimum absolute atomic E-state index is 0.0735. The smallest absolute Gasteiger partial charge is 0.251 e. The molecular formula is C23H27N3O3. The van der Waals surface area contributed by atoms with Crippen LogP contribution in [0.25, 0.3) is 11.0 Å². The largest absolute Gasteiger partial charge is 0.493 e. The van der Waals surface area contributed by atoms with Crippen molar-refractivity contribution < 1.29 is 14.3 Å². The van der Waals surface area contributed by atoms with E-state index in [-0.39, 0.29) is 5.91 Å².